The molecule has 0 bridgehead atoms. The number of rotatable bonds is 14. The average Bonchev–Trinajstić information content (AvgIpc) is 3.80. The van der Waals surface area contributed by atoms with Gasteiger partial charge in [-0.1, -0.05) is 58.4 Å². The highest BCUT2D eigenvalue weighted by Gasteiger charge is 2.17. The summed E-state index contributed by atoms with van der Waals surface area (Å²) in [4.78, 5) is 4.86. The number of nitrogens with zero attached hydrogens (tertiary/aromatic N) is 2. The largest absolute Gasteiger partial charge is 0.393 e. The van der Waals surface area contributed by atoms with Gasteiger partial charge in [0.1, 0.15) is 0 Å². The monoisotopic (exact) mass is 712 g/mol. The predicted molar refractivity (Wildman–Crippen MR) is 213 cm³/mol. The highest BCUT2D eigenvalue weighted by Crippen LogP contribution is 2.23. The molecule has 0 saturated carbocycles. The van der Waals surface area contributed by atoms with Gasteiger partial charge in [0.05, 0.1) is 25.4 Å². The van der Waals surface area contributed by atoms with E-state index in [0.717, 1.165) is 117 Å². The van der Waals surface area contributed by atoms with Crippen molar-refractivity contribution in [1.29, 1.82) is 0 Å². The van der Waals surface area contributed by atoms with Gasteiger partial charge in [-0.05, 0) is 108 Å². The molecule has 0 amide bonds. The molecule has 2 aromatic heterocycles. The summed E-state index contributed by atoms with van der Waals surface area (Å²) < 4.78 is 14.3. The number of hydrogen-bond donors (Lipinski definition) is 2. The van der Waals surface area contributed by atoms with E-state index < -0.39 is 0 Å². The molecule has 2 aliphatic heterocycles. The Bertz CT molecular complexity index is 1270. The first kappa shape index (κ1) is 41.5. The Morgan fingerprint density at radius 2 is 1.00 bits per heavy atom. The number of hydrogen-bond acceptors (Lipinski definition) is 8. The van der Waals surface area contributed by atoms with E-state index in [-0.39, 0.29) is 12.2 Å². The van der Waals surface area contributed by atoms with E-state index in [2.05, 4.69) is 82.9 Å². The summed E-state index contributed by atoms with van der Waals surface area (Å²) in [5.74, 6) is 0. The molecule has 2 aliphatic rings. The SMILES string of the molecule is CC.CCC.OC1CCN(CCCOCCc2ccc3sccc3c2)CC1.OC1CCN(CCCOCCc2ccc3sccc3c2)CC1. The lowest BCUT2D eigenvalue weighted by Crippen LogP contribution is -2.36. The van der Waals surface area contributed by atoms with Gasteiger partial charge in [0.2, 0.25) is 0 Å². The lowest BCUT2D eigenvalue weighted by Gasteiger charge is -2.29. The average molecular weight is 713 g/mol. The van der Waals surface area contributed by atoms with Crippen LogP contribution >= 0.6 is 22.7 Å². The minimum atomic E-state index is -0.0759. The second-order valence-electron chi connectivity index (χ2n) is 12.9. The minimum absolute atomic E-state index is 0.0759. The van der Waals surface area contributed by atoms with E-state index in [1.54, 1.807) is 22.7 Å². The number of benzene rings is 2. The molecule has 4 heterocycles. The predicted octanol–water partition coefficient (Wildman–Crippen LogP) is 9.06. The van der Waals surface area contributed by atoms with Crippen molar-refractivity contribution in [3.8, 4) is 0 Å². The molecule has 0 radical (unpaired) electrons. The lowest BCUT2D eigenvalue weighted by atomic mass is 10.1. The summed E-state index contributed by atoms with van der Waals surface area (Å²) >= 11 is 3.59. The van der Waals surface area contributed by atoms with Crippen LogP contribution in [-0.4, -0.2) is 97.9 Å². The third-order valence-electron chi connectivity index (χ3n) is 8.74. The summed E-state index contributed by atoms with van der Waals surface area (Å²) in [6.45, 7) is 17.8. The molecule has 49 heavy (non-hydrogen) atoms. The molecule has 4 aromatic rings. The molecule has 6 nitrogen and oxygen atoms in total. The second kappa shape index (κ2) is 25.1. The lowest BCUT2D eigenvalue weighted by molar-refractivity contribution is 0.0723. The van der Waals surface area contributed by atoms with Crippen LogP contribution in [0.15, 0.2) is 59.3 Å². The standard InChI is InChI=1S/2C18H25NO2S.C3H8.C2H6/c2*20-17-4-9-19(10-5-17)8-1-11-21-12-6-15-2-3-18-16(14-15)7-13-22-18;1-3-2;1-2/h2*2-3,7,13-14,17,20H,1,4-6,8-12H2;3H2,1-2H3;1-2H3. The Labute approximate surface area is 305 Å². The quantitative estimate of drug-likeness (QED) is 0.127. The maximum atomic E-state index is 9.48. The van der Waals surface area contributed by atoms with Crippen LogP contribution in [0.25, 0.3) is 20.2 Å². The Morgan fingerprint density at radius 3 is 1.39 bits per heavy atom. The Balaban J connectivity index is 0.000000235. The molecule has 0 unspecified atom stereocenters. The molecule has 2 fully saturated rings. The van der Waals surface area contributed by atoms with Crippen molar-refractivity contribution in [2.75, 3.05) is 65.7 Å². The maximum Gasteiger partial charge on any atom is 0.0564 e. The highest BCUT2D eigenvalue weighted by molar-refractivity contribution is 7.17. The Kier molecular flexibility index (Phi) is 21.3. The van der Waals surface area contributed by atoms with Crippen LogP contribution < -0.4 is 0 Å². The molecule has 0 atom stereocenters. The van der Waals surface area contributed by atoms with Gasteiger partial charge < -0.3 is 29.5 Å². The maximum absolute atomic E-state index is 9.48. The van der Waals surface area contributed by atoms with E-state index in [1.807, 2.05) is 13.8 Å². The van der Waals surface area contributed by atoms with Gasteiger partial charge in [0.15, 0.2) is 0 Å². The summed E-state index contributed by atoms with van der Waals surface area (Å²) in [5.41, 5.74) is 2.71. The van der Waals surface area contributed by atoms with E-state index >= 15 is 0 Å². The summed E-state index contributed by atoms with van der Waals surface area (Å²) in [7, 11) is 0. The molecule has 274 valence electrons. The summed E-state index contributed by atoms with van der Waals surface area (Å²) in [6.07, 6.45) is 8.93. The van der Waals surface area contributed by atoms with Crippen molar-refractivity contribution in [2.45, 2.75) is 97.7 Å². The molecule has 8 heteroatoms. The van der Waals surface area contributed by atoms with Crippen molar-refractivity contribution < 1.29 is 19.7 Å². The number of thiophene rings is 2. The van der Waals surface area contributed by atoms with Crippen LogP contribution in [0.4, 0.5) is 0 Å². The van der Waals surface area contributed by atoms with E-state index in [4.69, 9.17) is 9.47 Å². The first-order valence-electron chi connectivity index (χ1n) is 18.9. The Morgan fingerprint density at radius 1 is 0.612 bits per heavy atom. The minimum Gasteiger partial charge on any atom is -0.393 e. The number of aliphatic hydroxyl groups is 2. The van der Waals surface area contributed by atoms with Crippen LogP contribution in [0.5, 0.6) is 0 Å². The van der Waals surface area contributed by atoms with Crippen LogP contribution in [-0.2, 0) is 22.3 Å². The molecule has 2 N–H and O–H groups in total. The van der Waals surface area contributed by atoms with Gasteiger partial charge >= 0.3 is 0 Å². The first-order chi connectivity index (χ1) is 24.0. The van der Waals surface area contributed by atoms with Crippen molar-refractivity contribution >= 4 is 42.8 Å². The van der Waals surface area contributed by atoms with E-state index in [0.29, 0.717) is 0 Å². The van der Waals surface area contributed by atoms with Crippen LogP contribution in [0.1, 0.15) is 83.8 Å². The summed E-state index contributed by atoms with van der Waals surface area (Å²) in [6, 6.07) is 17.7. The molecular formula is C41H64N2O4S2. The number of likely N-dealkylation sites (tertiary alicyclic amines) is 2. The van der Waals surface area contributed by atoms with Gasteiger partial charge in [0, 0.05) is 61.9 Å². The second-order valence-corrected chi connectivity index (χ2v) is 14.8. The molecule has 6 rings (SSSR count). The third-order valence-corrected chi connectivity index (χ3v) is 10.5. The molecule has 2 aromatic carbocycles. The zero-order chi connectivity index (χ0) is 35.1. The van der Waals surface area contributed by atoms with Gasteiger partial charge in [-0.25, -0.2) is 0 Å². The number of fused-ring (bicyclic) bond motifs is 2. The van der Waals surface area contributed by atoms with Gasteiger partial charge in [-0.3, -0.25) is 0 Å². The normalized spacial score (nSPS) is 16.0. The zero-order valence-electron chi connectivity index (χ0n) is 30.8. The number of ether oxygens (including phenoxy) is 2. The molecule has 0 spiro atoms. The first-order valence-corrected chi connectivity index (χ1v) is 20.7. The van der Waals surface area contributed by atoms with Crippen molar-refractivity contribution in [3.05, 3.63) is 70.4 Å². The van der Waals surface area contributed by atoms with Crippen LogP contribution in [0.2, 0.25) is 0 Å². The Hall–Kier alpha value is -1.88. The van der Waals surface area contributed by atoms with Crippen LogP contribution in [0.3, 0.4) is 0 Å². The molecule has 2 saturated heterocycles. The van der Waals surface area contributed by atoms with E-state index in [9.17, 15) is 10.2 Å². The van der Waals surface area contributed by atoms with Crippen molar-refractivity contribution in [3.63, 3.8) is 0 Å². The fraction of sp³-hybridized carbons (Fsp3) is 0.610. The zero-order valence-corrected chi connectivity index (χ0v) is 32.4. The van der Waals surface area contributed by atoms with Gasteiger partial charge in [0.25, 0.3) is 0 Å². The van der Waals surface area contributed by atoms with Crippen molar-refractivity contribution in [1.82, 2.24) is 9.80 Å². The fourth-order valence-corrected chi connectivity index (χ4v) is 7.54. The smallest absolute Gasteiger partial charge is 0.0564 e. The van der Waals surface area contributed by atoms with Crippen molar-refractivity contribution in [2.24, 2.45) is 0 Å². The topological polar surface area (TPSA) is 65.4 Å². The molecule has 0 aliphatic carbocycles. The third kappa shape index (κ3) is 16.3. The highest BCUT2D eigenvalue weighted by atomic mass is 32.1. The van der Waals surface area contributed by atoms with Gasteiger partial charge in [-0.15, -0.1) is 22.7 Å². The molecular weight excluding hydrogens is 649 g/mol. The van der Waals surface area contributed by atoms with Crippen LogP contribution in [0, 0.1) is 0 Å². The number of piperidine rings is 2. The summed E-state index contributed by atoms with van der Waals surface area (Å²) in [5, 5.41) is 25.9. The van der Waals surface area contributed by atoms with Gasteiger partial charge in [-0.2, -0.15) is 0 Å². The number of aliphatic hydroxyl groups excluding tert-OH is 2. The fourth-order valence-electron chi connectivity index (χ4n) is 5.99. The van der Waals surface area contributed by atoms with E-state index in [1.165, 1.54) is 37.7 Å².